The van der Waals surface area contributed by atoms with E-state index in [1.807, 2.05) is 13.0 Å². The minimum atomic E-state index is -3.49. The van der Waals surface area contributed by atoms with Gasteiger partial charge in [0.1, 0.15) is 5.82 Å². The molecule has 5 N–H and O–H groups in total. The molecular formula is C21H29N7O2S. The SMILES string of the molecule is CCCNS(=O)(=O)c1ccc(Nc2cc(N[C@H]3CC[C@H](N)CC3)nn3ccnc23)cc1. The number of fused-ring (bicyclic) bond motifs is 1. The molecule has 0 spiro atoms. The predicted molar refractivity (Wildman–Crippen MR) is 122 cm³/mol. The predicted octanol–water partition coefficient (Wildman–Crippen LogP) is 2.84. The van der Waals surface area contributed by atoms with Crippen molar-refractivity contribution < 1.29 is 8.42 Å². The largest absolute Gasteiger partial charge is 0.366 e. The molecular weight excluding hydrogens is 414 g/mol. The van der Waals surface area contributed by atoms with Gasteiger partial charge in [-0.05, 0) is 56.4 Å². The lowest BCUT2D eigenvalue weighted by atomic mass is 9.92. The fraction of sp³-hybridized carbons (Fsp3) is 0.429. The van der Waals surface area contributed by atoms with E-state index in [-0.39, 0.29) is 4.90 Å². The summed E-state index contributed by atoms with van der Waals surface area (Å²) in [6.45, 7) is 2.34. The molecule has 0 unspecified atom stereocenters. The summed E-state index contributed by atoms with van der Waals surface area (Å²) in [5.74, 6) is 0.761. The normalized spacial score (nSPS) is 19.4. The van der Waals surface area contributed by atoms with E-state index in [2.05, 4.69) is 25.4 Å². The molecule has 2 aromatic heterocycles. The summed E-state index contributed by atoms with van der Waals surface area (Å²) in [6.07, 6.45) is 8.32. The number of nitrogens with one attached hydrogen (secondary N) is 3. The van der Waals surface area contributed by atoms with Gasteiger partial charge in [-0.1, -0.05) is 6.92 Å². The first-order chi connectivity index (χ1) is 14.9. The first-order valence-corrected chi connectivity index (χ1v) is 12.2. The maximum atomic E-state index is 12.3. The molecule has 3 aromatic rings. The molecule has 2 heterocycles. The number of benzene rings is 1. The van der Waals surface area contributed by atoms with Gasteiger partial charge in [-0.2, -0.15) is 0 Å². The smallest absolute Gasteiger partial charge is 0.240 e. The number of nitrogens with zero attached hydrogens (tertiary/aromatic N) is 3. The quantitative estimate of drug-likeness (QED) is 0.422. The standard InChI is InChI=1S/C21H29N7O2S/c1-2-11-24-31(29,30)18-9-7-16(8-10-18)25-19-14-20(27-28-13-12-23-21(19)28)26-17-5-3-15(22)4-6-17/h7-10,12-15,17,24-25H,2-6,11,22H2,1H3,(H,26,27)/t15-,17-. The van der Waals surface area contributed by atoms with Crippen molar-refractivity contribution in [3.8, 4) is 0 Å². The van der Waals surface area contributed by atoms with Gasteiger partial charge in [0.05, 0.1) is 10.6 Å². The lowest BCUT2D eigenvalue weighted by molar-refractivity contribution is 0.410. The highest BCUT2D eigenvalue weighted by Gasteiger charge is 2.19. The molecule has 31 heavy (non-hydrogen) atoms. The van der Waals surface area contributed by atoms with E-state index in [0.29, 0.717) is 24.3 Å². The van der Waals surface area contributed by atoms with Crippen LogP contribution in [0.1, 0.15) is 39.0 Å². The van der Waals surface area contributed by atoms with Crippen LogP contribution in [-0.2, 0) is 10.0 Å². The molecule has 1 fully saturated rings. The Balaban J connectivity index is 1.53. The van der Waals surface area contributed by atoms with Gasteiger partial charge in [-0.25, -0.2) is 22.6 Å². The number of sulfonamides is 1. The Morgan fingerprint density at radius 1 is 1.16 bits per heavy atom. The van der Waals surface area contributed by atoms with Crippen molar-refractivity contribution in [1.29, 1.82) is 0 Å². The second-order valence-electron chi connectivity index (χ2n) is 7.94. The van der Waals surface area contributed by atoms with E-state index >= 15 is 0 Å². The second-order valence-corrected chi connectivity index (χ2v) is 9.71. The first kappa shape index (κ1) is 21.5. The van der Waals surface area contributed by atoms with Gasteiger partial charge in [0, 0.05) is 42.8 Å². The summed E-state index contributed by atoms with van der Waals surface area (Å²) in [5, 5.41) is 11.5. The van der Waals surface area contributed by atoms with Crippen LogP contribution in [0.25, 0.3) is 5.65 Å². The molecule has 0 radical (unpaired) electrons. The highest BCUT2D eigenvalue weighted by molar-refractivity contribution is 7.89. The fourth-order valence-electron chi connectivity index (χ4n) is 3.74. The number of hydrogen-bond acceptors (Lipinski definition) is 7. The Morgan fingerprint density at radius 2 is 1.90 bits per heavy atom. The van der Waals surface area contributed by atoms with E-state index in [9.17, 15) is 8.42 Å². The van der Waals surface area contributed by atoms with Gasteiger partial charge in [-0.3, -0.25) is 0 Å². The molecule has 1 aliphatic rings. The lowest BCUT2D eigenvalue weighted by Gasteiger charge is -2.27. The van der Waals surface area contributed by atoms with Crippen LogP contribution in [0.15, 0.2) is 47.6 Å². The Hall–Kier alpha value is -2.69. The van der Waals surface area contributed by atoms with E-state index in [1.54, 1.807) is 41.2 Å². The second kappa shape index (κ2) is 9.21. The van der Waals surface area contributed by atoms with Gasteiger partial charge in [0.15, 0.2) is 5.65 Å². The zero-order chi connectivity index (χ0) is 21.8. The Labute approximate surface area is 182 Å². The van der Waals surface area contributed by atoms with Crippen molar-refractivity contribution in [2.45, 2.75) is 56.0 Å². The fourth-order valence-corrected chi connectivity index (χ4v) is 4.88. The van der Waals surface area contributed by atoms with Gasteiger partial charge in [0.25, 0.3) is 0 Å². The molecule has 1 aromatic carbocycles. The number of rotatable bonds is 8. The third-order valence-electron chi connectivity index (χ3n) is 5.47. The lowest BCUT2D eigenvalue weighted by Crippen LogP contribution is -2.33. The summed E-state index contributed by atoms with van der Waals surface area (Å²) >= 11 is 0. The third-order valence-corrected chi connectivity index (χ3v) is 6.95. The van der Waals surface area contributed by atoms with E-state index in [0.717, 1.165) is 49.3 Å². The summed E-state index contributed by atoms with van der Waals surface area (Å²) in [4.78, 5) is 4.63. The van der Waals surface area contributed by atoms with Crippen LogP contribution in [0.4, 0.5) is 17.2 Å². The molecule has 166 valence electrons. The van der Waals surface area contributed by atoms with Crippen LogP contribution in [0.3, 0.4) is 0 Å². The maximum Gasteiger partial charge on any atom is 0.240 e. The zero-order valence-corrected chi connectivity index (χ0v) is 18.4. The van der Waals surface area contributed by atoms with Crippen LogP contribution in [-0.4, -0.2) is 41.6 Å². The molecule has 4 rings (SSSR count). The first-order valence-electron chi connectivity index (χ1n) is 10.7. The summed E-state index contributed by atoms with van der Waals surface area (Å²) in [5.41, 5.74) is 8.26. The molecule has 0 aliphatic heterocycles. The van der Waals surface area contributed by atoms with Crippen molar-refractivity contribution in [1.82, 2.24) is 19.3 Å². The van der Waals surface area contributed by atoms with E-state index < -0.39 is 10.0 Å². The highest BCUT2D eigenvalue weighted by Crippen LogP contribution is 2.26. The van der Waals surface area contributed by atoms with E-state index in [1.165, 1.54) is 0 Å². The van der Waals surface area contributed by atoms with Crippen LogP contribution in [0.2, 0.25) is 0 Å². The molecule has 9 nitrogen and oxygen atoms in total. The van der Waals surface area contributed by atoms with Crippen molar-refractivity contribution in [2.24, 2.45) is 5.73 Å². The van der Waals surface area contributed by atoms with Crippen molar-refractivity contribution in [3.63, 3.8) is 0 Å². The van der Waals surface area contributed by atoms with Crippen LogP contribution in [0.5, 0.6) is 0 Å². The summed E-state index contributed by atoms with van der Waals surface area (Å²) in [6, 6.07) is 9.25. The average Bonchev–Trinajstić information content (AvgIpc) is 3.23. The third kappa shape index (κ3) is 5.15. The van der Waals surface area contributed by atoms with Crippen LogP contribution >= 0.6 is 0 Å². The van der Waals surface area contributed by atoms with Crippen LogP contribution < -0.4 is 21.1 Å². The number of imidazole rings is 1. The number of nitrogens with two attached hydrogens (primary N) is 1. The summed E-state index contributed by atoms with van der Waals surface area (Å²) < 4.78 is 28.9. The molecule has 10 heteroatoms. The van der Waals surface area contributed by atoms with Crippen molar-refractivity contribution in [3.05, 3.63) is 42.7 Å². The molecule has 0 saturated heterocycles. The van der Waals surface area contributed by atoms with Gasteiger partial charge in [-0.15, -0.1) is 5.10 Å². The highest BCUT2D eigenvalue weighted by atomic mass is 32.2. The Bertz CT molecular complexity index is 1120. The van der Waals surface area contributed by atoms with Gasteiger partial charge >= 0.3 is 0 Å². The molecule has 0 atom stereocenters. The van der Waals surface area contributed by atoms with Crippen molar-refractivity contribution in [2.75, 3.05) is 17.2 Å². The number of anilines is 3. The molecule has 0 amide bonds. The minimum Gasteiger partial charge on any atom is -0.366 e. The van der Waals surface area contributed by atoms with Crippen molar-refractivity contribution >= 4 is 32.9 Å². The Morgan fingerprint density at radius 3 is 2.61 bits per heavy atom. The molecule has 1 aliphatic carbocycles. The summed E-state index contributed by atoms with van der Waals surface area (Å²) in [7, 11) is -3.49. The van der Waals surface area contributed by atoms with Crippen LogP contribution in [0, 0.1) is 0 Å². The van der Waals surface area contributed by atoms with Gasteiger partial charge in [0.2, 0.25) is 10.0 Å². The molecule has 1 saturated carbocycles. The Kier molecular flexibility index (Phi) is 6.40. The topological polar surface area (TPSA) is 126 Å². The minimum absolute atomic E-state index is 0.241. The number of hydrogen-bond donors (Lipinski definition) is 4. The average molecular weight is 444 g/mol. The van der Waals surface area contributed by atoms with Gasteiger partial charge < -0.3 is 16.4 Å². The number of aromatic nitrogens is 3. The van der Waals surface area contributed by atoms with E-state index in [4.69, 9.17) is 5.73 Å². The maximum absolute atomic E-state index is 12.3. The monoisotopic (exact) mass is 443 g/mol. The molecule has 0 bridgehead atoms. The zero-order valence-electron chi connectivity index (χ0n) is 17.6.